The quantitative estimate of drug-likeness (QED) is 0.806. The van der Waals surface area contributed by atoms with E-state index in [-0.39, 0.29) is 12.5 Å². The van der Waals surface area contributed by atoms with E-state index in [0.717, 1.165) is 12.0 Å². The summed E-state index contributed by atoms with van der Waals surface area (Å²) in [6, 6.07) is 5.59. The lowest BCUT2D eigenvalue weighted by Crippen LogP contribution is -2.51. The zero-order valence-corrected chi connectivity index (χ0v) is 16.1. The van der Waals surface area contributed by atoms with Gasteiger partial charge in [-0.05, 0) is 43.4 Å². The summed E-state index contributed by atoms with van der Waals surface area (Å²) in [6.45, 7) is 4.88. The minimum atomic E-state index is -0.827. The number of amides is 1. The Bertz CT molecular complexity index is 654. The molecule has 26 heavy (non-hydrogen) atoms. The highest BCUT2D eigenvalue weighted by Crippen LogP contribution is 2.39. The van der Waals surface area contributed by atoms with Crippen molar-refractivity contribution in [2.24, 2.45) is 5.92 Å². The van der Waals surface area contributed by atoms with Crippen molar-refractivity contribution in [1.82, 2.24) is 4.90 Å². The van der Waals surface area contributed by atoms with Gasteiger partial charge in [0.15, 0.2) is 11.5 Å². The van der Waals surface area contributed by atoms with Gasteiger partial charge in [0.1, 0.15) is 0 Å². The van der Waals surface area contributed by atoms with E-state index in [2.05, 4.69) is 0 Å². The van der Waals surface area contributed by atoms with E-state index in [1.165, 1.54) is 0 Å². The number of benzene rings is 1. The molecule has 1 fully saturated rings. The summed E-state index contributed by atoms with van der Waals surface area (Å²) in [5, 5.41) is 9.33. The van der Waals surface area contributed by atoms with Crippen LogP contribution < -0.4 is 9.47 Å². The summed E-state index contributed by atoms with van der Waals surface area (Å²) < 4.78 is 10.7. The van der Waals surface area contributed by atoms with Crippen LogP contribution in [0.3, 0.4) is 0 Å². The summed E-state index contributed by atoms with van der Waals surface area (Å²) >= 11 is 0. The van der Waals surface area contributed by atoms with Gasteiger partial charge in [0, 0.05) is 13.1 Å². The van der Waals surface area contributed by atoms with Crippen LogP contribution in [0.2, 0.25) is 0 Å². The first-order chi connectivity index (χ1) is 12.4. The number of carbonyl (C=O) groups is 2. The fourth-order valence-corrected chi connectivity index (χ4v) is 3.88. The van der Waals surface area contributed by atoms with Crippen LogP contribution >= 0.6 is 0 Å². The Labute approximate surface area is 155 Å². The molecule has 2 rings (SSSR count). The molecule has 1 aliphatic rings. The minimum absolute atomic E-state index is 0.000620. The fourth-order valence-electron chi connectivity index (χ4n) is 3.88. The summed E-state index contributed by atoms with van der Waals surface area (Å²) in [7, 11) is 3.15. The standard InChI is InChI=1S/C20H29NO5/c1-5-20(6-2,15-9-10-16(25-3)17(12-15)26-4)19(24)21-11-7-8-14(13-21)18(22)23/h9-10,12,14H,5-8,11,13H2,1-4H3,(H,22,23). The van der Waals surface area contributed by atoms with Crippen LogP contribution in [0.5, 0.6) is 11.5 Å². The van der Waals surface area contributed by atoms with Crippen molar-refractivity contribution >= 4 is 11.9 Å². The first-order valence-electron chi connectivity index (χ1n) is 9.18. The van der Waals surface area contributed by atoms with Gasteiger partial charge in [-0.25, -0.2) is 0 Å². The average Bonchev–Trinajstić information content (AvgIpc) is 2.69. The SMILES string of the molecule is CCC(CC)(C(=O)N1CCCC(C(=O)O)C1)c1ccc(OC)c(OC)c1. The Morgan fingerprint density at radius 1 is 1.19 bits per heavy atom. The first kappa shape index (κ1) is 20.1. The topological polar surface area (TPSA) is 76.1 Å². The molecule has 1 unspecified atom stereocenters. The second-order valence-electron chi connectivity index (χ2n) is 6.79. The van der Waals surface area contributed by atoms with Gasteiger partial charge in [0.25, 0.3) is 0 Å². The van der Waals surface area contributed by atoms with Gasteiger partial charge < -0.3 is 19.5 Å². The van der Waals surface area contributed by atoms with Crippen molar-refractivity contribution in [3.8, 4) is 11.5 Å². The number of carboxylic acids is 1. The molecule has 6 nitrogen and oxygen atoms in total. The molecule has 1 atom stereocenters. The summed E-state index contributed by atoms with van der Waals surface area (Å²) in [5.74, 6) is -0.0998. The largest absolute Gasteiger partial charge is 0.493 e. The van der Waals surface area contributed by atoms with E-state index in [0.29, 0.717) is 37.3 Å². The highest BCUT2D eigenvalue weighted by Gasteiger charge is 2.42. The predicted molar refractivity (Wildman–Crippen MR) is 98.7 cm³/mol. The van der Waals surface area contributed by atoms with Crippen LogP contribution in [-0.4, -0.2) is 49.2 Å². The summed E-state index contributed by atoms with van der Waals surface area (Å²) in [4.78, 5) is 26.6. The van der Waals surface area contributed by atoms with E-state index in [9.17, 15) is 14.7 Å². The molecule has 1 heterocycles. The predicted octanol–water partition coefficient (Wildman–Crippen LogP) is 3.08. The summed E-state index contributed by atoms with van der Waals surface area (Å²) in [6.07, 6.45) is 2.61. The lowest BCUT2D eigenvalue weighted by Gasteiger charge is -2.39. The highest BCUT2D eigenvalue weighted by atomic mass is 16.5. The highest BCUT2D eigenvalue weighted by molar-refractivity contribution is 5.89. The number of rotatable bonds is 7. The maximum Gasteiger partial charge on any atom is 0.308 e. The molecule has 0 radical (unpaired) electrons. The Kier molecular flexibility index (Phi) is 6.51. The number of hydrogen-bond donors (Lipinski definition) is 1. The van der Waals surface area contributed by atoms with Crippen LogP contribution in [0, 0.1) is 5.92 Å². The van der Waals surface area contributed by atoms with Crippen LogP contribution in [0.4, 0.5) is 0 Å². The van der Waals surface area contributed by atoms with Crippen molar-refractivity contribution < 1.29 is 24.2 Å². The zero-order chi connectivity index (χ0) is 19.3. The lowest BCUT2D eigenvalue weighted by atomic mass is 9.74. The number of methoxy groups -OCH3 is 2. The third-order valence-electron chi connectivity index (χ3n) is 5.61. The molecule has 1 aromatic carbocycles. The number of carbonyl (C=O) groups excluding carboxylic acids is 1. The Morgan fingerprint density at radius 2 is 1.85 bits per heavy atom. The molecule has 0 bridgehead atoms. The van der Waals surface area contributed by atoms with Crippen molar-refractivity contribution in [1.29, 1.82) is 0 Å². The third-order valence-corrected chi connectivity index (χ3v) is 5.61. The molecule has 0 saturated carbocycles. The maximum atomic E-state index is 13.5. The van der Waals surface area contributed by atoms with Crippen LogP contribution in [0.25, 0.3) is 0 Å². The smallest absolute Gasteiger partial charge is 0.308 e. The second kappa shape index (κ2) is 8.43. The number of nitrogens with zero attached hydrogens (tertiary/aromatic N) is 1. The van der Waals surface area contributed by atoms with E-state index < -0.39 is 17.3 Å². The number of aliphatic carboxylic acids is 1. The van der Waals surface area contributed by atoms with Gasteiger partial charge in [-0.2, -0.15) is 0 Å². The average molecular weight is 363 g/mol. The molecule has 0 aliphatic carbocycles. The second-order valence-corrected chi connectivity index (χ2v) is 6.79. The number of hydrogen-bond acceptors (Lipinski definition) is 4. The molecule has 0 spiro atoms. The monoisotopic (exact) mass is 363 g/mol. The Balaban J connectivity index is 2.39. The van der Waals surface area contributed by atoms with Crippen molar-refractivity contribution in [2.75, 3.05) is 27.3 Å². The van der Waals surface area contributed by atoms with Crippen LogP contribution in [-0.2, 0) is 15.0 Å². The molecule has 1 amide bonds. The summed E-state index contributed by atoms with van der Waals surface area (Å²) in [5.41, 5.74) is 0.183. The molecule has 0 aromatic heterocycles. The van der Waals surface area contributed by atoms with Gasteiger partial charge in [-0.3, -0.25) is 9.59 Å². The van der Waals surface area contributed by atoms with Gasteiger partial charge in [0.2, 0.25) is 5.91 Å². The number of ether oxygens (including phenoxy) is 2. The van der Waals surface area contributed by atoms with Gasteiger partial charge >= 0.3 is 5.97 Å². The molecular weight excluding hydrogens is 334 g/mol. The van der Waals surface area contributed by atoms with E-state index in [1.54, 1.807) is 19.1 Å². The van der Waals surface area contributed by atoms with Gasteiger partial charge in [0.05, 0.1) is 25.6 Å². The lowest BCUT2D eigenvalue weighted by molar-refractivity contribution is -0.147. The van der Waals surface area contributed by atoms with Gasteiger partial charge in [-0.1, -0.05) is 19.9 Å². The molecule has 144 valence electrons. The van der Waals surface area contributed by atoms with Crippen LogP contribution in [0.1, 0.15) is 45.1 Å². The van der Waals surface area contributed by atoms with Gasteiger partial charge in [-0.15, -0.1) is 0 Å². The molecule has 6 heteroatoms. The maximum absolute atomic E-state index is 13.5. The number of carboxylic acid groups (broad SMARTS) is 1. The molecule has 1 aliphatic heterocycles. The van der Waals surface area contributed by atoms with E-state index in [4.69, 9.17) is 9.47 Å². The van der Waals surface area contributed by atoms with Crippen molar-refractivity contribution in [3.05, 3.63) is 23.8 Å². The minimum Gasteiger partial charge on any atom is -0.493 e. The van der Waals surface area contributed by atoms with Crippen molar-refractivity contribution in [2.45, 2.75) is 44.9 Å². The molecule has 1 N–H and O–H groups in total. The van der Waals surface area contributed by atoms with E-state index in [1.807, 2.05) is 32.0 Å². The first-order valence-corrected chi connectivity index (χ1v) is 9.18. The fraction of sp³-hybridized carbons (Fsp3) is 0.600. The molecule has 1 saturated heterocycles. The number of likely N-dealkylation sites (tertiary alicyclic amines) is 1. The third kappa shape index (κ3) is 3.64. The Hall–Kier alpha value is -2.24. The normalized spacial score (nSPS) is 17.7. The zero-order valence-electron chi connectivity index (χ0n) is 16.1. The van der Waals surface area contributed by atoms with E-state index >= 15 is 0 Å². The van der Waals surface area contributed by atoms with Crippen LogP contribution in [0.15, 0.2) is 18.2 Å². The molecular formula is C20H29NO5. The Morgan fingerprint density at radius 3 is 2.38 bits per heavy atom. The number of piperidine rings is 1. The van der Waals surface area contributed by atoms with Crippen molar-refractivity contribution in [3.63, 3.8) is 0 Å². The molecule has 1 aromatic rings.